The zero-order valence-electron chi connectivity index (χ0n) is 24.0. The molecule has 2 heterocycles. The van der Waals surface area contributed by atoms with Crippen molar-refractivity contribution in [3.63, 3.8) is 0 Å². The molecule has 0 aliphatic rings. The number of fused-ring (bicyclic) bond motifs is 4. The van der Waals surface area contributed by atoms with Crippen LogP contribution in [0.25, 0.3) is 62.2 Å². The molecule has 7 aromatic rings. The van der Waals surface area contributed by atoms with E-state index in [0.29, 0.717) is 5.42 Å². The molecule has 0 fully saturated rings. The van der Waals surface area contributed by atoms with E-state index >= 15 is 0 Å². The van der Waals surface area contributed by atoms with Crippen LogP contribution in [-0.4, -0.2) is 11.6 Å². The summed E-state index contributed by atoms with van der Waals surface area (Å²) in [5, 5.41) is 4.53. The molecule has 0 atom stereocenters. The van der Waals surface area contributed by atoms with Crippen LogP contribution < -0.4 is 15.5 Å². The van der Waals surface area contributed by atoms with Crippen LogP contribution in [0.2, 0.25) is 0 Å². The van der Waals surface area contributed by atoms with E-state index < -0.39 is 0 Å². The predicted octanol–water partition coefficient (Wildman–Crippen LogP) is 8.60. The topological polar surface area (TPSA) is 21.3 Å². The normalized spacial score (nSPS) is 12.0. The molecule has 204 valence electrons. The average molecular weight is 545 g/mol. The van der Waals surface area contributed by atoms with Gasteiger partial charge in [0.1, 0.15) is 11.0 Å². The van der Waals surface area contributed by atoms with Crippen molar-refractivity contribution in [1.82, 2.24) is 4.57 Å². The molecule has 0 saturated heterocycles. The predicted molar refractivity (Wildman–Crippen MR) is 179 cm³/mol. The van der Waals surface area contributed by atoms with E-state index in [1.165, 1.54) is 44.2 Å². The van der Waals surface area contributed by atoms with Gasteiger partial charge in [0, 0.05) is 45.5 Å². The molecule has 7 rings (SSSR count). The third-order valence-electron chi connectivity index (χ3n) is 8.29. The second kappa shape index (κ2) is 10.3. The zero-order chi connectivity index (χ0) is 28.8. The van der Waals surface area contributed by atoms with Gasteiger partial charge in [0.15, 0.2) is 0 Å². The number of allylic oxidation sites excluding steroid dienone is 1. The van der Waals surface area contributed by atoms with E-state index in [-0.39, 0.29) is 0 Å². The number of hydrogen-bond donors (Lipinski definition) is 0. The highest BCUT2D eigenvalue weighted by Crippen LogP contribution is 2.36. The Kier molecular flexibility index (Phi) is 6.28. The number of hydrogen-bond acceptors (Lipinski definition) is 2. The zero-order valence-corrected chi connectivity index (χ0v) is 24.0. The van der Waals surface area contributed by atoms with Crippen molar-refractivity contribution in [1.29, 1.82) is 0 Å². The van der Waals surface area contributed by atoms with Crippen molar-refractivity contribution in [3.8, 4) is 16.8 Å². The van der Waals surface area contributed by atoms with Crippen molar-refractivity contribution in [2.45, 2.75) is 13.3 Å². The highest BCUT2D eigenvalue weighted by molar-refractivity contribution is 6.10. The molecule has 0 unspecified atom stereocenters. The lowest BCUT2D eigenvalue weighted by molar-refractivity contribution is 0.577. The summed E-state index contributed by atoms with van der Waals surface area (Å²) < 4.78 is 8.23. The van der Waals surface area contributed by atoms with E-state index in [4.69, 9.17) is 4.42 Å². The summed E-state index contributed by atoms with van der Waals surface area (Å²) in [6.07, 6.45) is 2.98. The molecule has 0 bridgehead atoms. The van der Waals surface area contributed by atoms with Crippen molar-refractivity contribution < 1.29 is 4.42 Å². The molecule has 0 spiro atoms. The molecule has 3 heteroatoms. The van der Waals surface area contributed by atoms with Crippen LogP contribution in [0.3, 0.4) is 0 Å². The summed E-state index contributed by atoms with van der Waals surface area (Å²) in [5.41, 5.74) is 10.8. The van der Waals surface area contributed by atoms with Gasteiger partial charge < -0.3 is 13.9 Å². The lowest BCUT2D eigenvalue weighted by Gasteiger charge is -2.23. The molecule has 0 saturated carbocycles. The van der Waals surface area contributed by atoms with Gasteiger partial charge in [-0.25, -0.2) is 0 Å². The largest absolute Gasteiger partial charge is 0.457 e. The fourth-order valence-corrected chi connectivity index (χ4v) is 6.08. The summed E-state index contributed by atoms with van der Waals surface area (Å²) in [5.74, 6) is 0. The first-order valence-corrected chi connectivity index (χ1v) is 14.4. The van der Waals surface area contributed by atoms with Crippen molar-refractivity contribution in [2.24, 2.45) is 0 Å². The maximum Gasteiger partial charge on any atom is 0.135 e. The Bertz CT molecular complexity index is 2230. The standard InChI is InChI=1S/C39H32N2O/c1-5-28-24-29(19-21-36(28)40(4)26(2)23-34-27(3)42-39-18-12-10-16-33(34)39)30-20-22-38-35(25-30)32-15-9-11-17-37(32)41(38)31-13-7-6-8-14-31/h6-25H,2-3,5H2,1,4H3/b34-23+. The second-order valence-corrected chi connectivity index (χ2v) is 10.7. The number of benzene rings is 5. The summed E-state index contributed by atoms with van der Waals surface area (Å²) in [6, 6.07) is 40.9. The minimum atomic E-state index is 0.654. The minimum Gasteiger partial charge on any atom is -0.457 e. The number of aryl methyl sites for hydroxylation is 1. The summed E-state index contributed by atoms with van der Waals surface area (Å²) >= 11 is 0. The van der Waals surface area contributed by atoms with Crippen molar-refractivity contribution >= 4 is 51.1 Å². The maximum atomic E-state index is 5.88. The summed E-state index contributed by atoms with van der Waals surface area (Å²) in [7, 11) is 2.07. The number of nitrogens with zero attached hydrogens (tertiary/aromatic N) is 2. The van der Waals surface area contributed by atoms with Gasteiger partial charge in [0.25, 0.3) is 0 Å². The molecular weight excluding hydrogens is 512 g/mol. The van der Waals surface area contributed by atoms with E-state index in [2.05, 4.69) is 140 Å². The number of rotatable bonds is 6. The van der Waals surface area contributed by atoms with Crippen LogP contribution in [0.4, 0.5) is 5.69 Å². The second-order valence-electron chi connectivity index (χ2n) is 10.7. The Morgan fingerprint density at radius 2 is 1.43 bits per heavy atom. The lowest BCUT2D eigenvalue weighted by Crippen LogP contribution is -2.23. The van der Waals surface area contributed by atoms with E-state index in [9.17, 15) is 0 Å². The summed E-state index contributed by atoms with van der Waals surface area (Å²) in [4.78, 5) is 2.15. The van der Waals surface area contributed by atoms with E-state index in [1.807, 2.05) is 18.2 Å². The SMILES string of the molecule is C=C(/C=c1\c(=C)oc2ccccc12)N(C)c1ccc(-c2ccc3c(c2)c2ccccc2n3-c2ccccc2)cc1CC. The van der Waals surface area contributed by atoms with Gasteiger partial charge in [-0.05, 0) is 77.7 Å². The van der Waals surface area contributed by atoms with Crippen LogP contribution in [0.5, 0.6) is 0 Å². The number of anilines is 1. The van der Waals surface area contributed by atoms with Crippen LogP contribution >= 0.6 is 0 Å². The highest BCUT2D eigenvalue weighted by atomic mass is 16.3. The van der Waals surface area contributed by atoms with Gasteiger partial charge >= 0.3 is 0 Å². The molecule has 0 amide bonds. The first-order chi connectivity index (χ1) is 20.5. The van der Waals surface area contributed by atoms with Gasteiger partial charge in [0.2, 0.25) is 0 Å². The molecule has 0 radical (unpaired) electrons. The first-order valence-electron chi connectivity index (χ1n) is 14.4. The summed E-state index contributed by atoms with van der Waals surface area (Å²) in [6.45, 7) is 10.7. The van der Waals surface area contributed by atoms with Crippen LogP contribution in [0.1, 0.15) is 12.5 Å². The maximum absolute atomic E-state index is 5.88. The van der Waals surface area contributed by atoms with Gasteiger partial charge in [-0.3, -0.25) is 0 Å². The molecular formula is C39H32N2O. The van der Waals surface area contributed by atoms with Crippen LogP contribution in [-0.2, 0) is 6.42 Å². The number of aromatic nitrogens is 1. The molecule has 0 N–H and O–H groups in total. The third kappa shape index (κ3) is 4.22. The Morgan fingerprint density at radius 1 is 0.762 bits per heavy atom. The Morgan fingerprint density at radius 3 is 2.24 bits per heavy atom. The average Bonchev–Trinajstić information content (AvgIpc) is 3.54. The molecule has 42 heavy (non-hydrogen) atoms. The first kappa shape index (κ1) is 25.7. The quantitative estimate of drug-likeness (QED) is 0.209. The Hall–Kier alpha value is -5.28. The van der Waals surface area contributed by atoms with Gasteiger partial charge in [-0.1, -0.05) is 86.8 Å². The lowest BCUT2D eigenvalue weighted by atomic mass is 9.98. The van der Waals surface area contributed by atoms with Gasteiger partial charge in [-0.2, -0.15) is 0 Å². The fraction of sp³-hybridized carbons (Fsp3) is 0.0769. The molecule has 2 aromatic heterocycles. The highest BCUT2D eigenvalue weighted by Gasteiger charge is 2.15. The van der Waals surface area contributed by atoms with Gasteiger partial charge in [0.05, 0.1) is 11.0 Å². The molecule has 0 aliphatic carbocycles. The Balaban J connectivity index is 1.28. The van der Waals surface area contributed by atoms with E-state index in [0.717, 1.165) is 34.0 Å². The van der Waals surface area contributed by atoms with Crippen molar-refractivity contribution in [2.75, 3.05) is 11.9 Å². The van der Waals surface area contributed by atoms with Gasteiger partial charge in [-0.15, -0.1) is 0 Å². The monoisotopic (exact) mass is 544 g/mol. The number of para-hydroxylation sites is 3. The minimum absolute atomic E-state index is 0.654. The third-order valence-corrected chi connectivity index (χ3v) is 8.29. The number of furan rings is 1. The molecule has 5 aromatic carbocycles. The molecule has 3 nitrogen and oxygen atoms in total. The van der Waals surface area contributed by atoms with Crippen molar-refractivity contribution in [3.05, 3.63) is 144 Å². The Labute approximate surface area is 245 Å². The fourth-order valence-electron chi connectivity index (χ4n) is 6.08. The van der Waals surface area contributed by atoms with Crippen LogP contribution in [0, 0.1) is 0 Å². The van der Waals surface area contributed by atoms with Crippen LogP contribution in [0.15, 0.2) is 132 Å². The smallest absolute Gasteiger partial charge is 0.135 e. The molecule has 0 aliphatic heterocycles. The van der Waals surface area contributed by atoms with E-state index in [1.54, 1.807) is 0 Å².